The molecule has 1 amide bonds. The number of hydrogen-bond acceptors (Lipinski definition) is 5. The Morgan fingerprint density at radius 2 is 1.94 bits per heavy atom. The molecule has 0 saturated heterocycles. The Kier molecular flexibility index (Phi) is 6.80. The average Bonchev–Trinajstić information content (AvgIpc) is 3.14. The van der Waals surface area contributed by atoms with Crippen LogP contribution in [0.5, 0.6) is 0 Å². The van der Waals surface area contributed by atoms with Crippen LogP contribution in [0, 0.1) is 12.7 Å². The number of sulfone groups is 1. The number of benzene rings is 1. The van der Waals surface area contributed by atoms with Gasteiger partial charge >= 0.3 is 6.09 Å². The van der Waals surface area contributed by atoms with Crippen LogP contribution < -0.4 is 0 Å². The van der Waals surface area contributed by atoms with Gasteiger partial charge in [-0.15, -0.1) is 0 Å². The summed E-state index contributed by atoms with van der Waals surface area (Å²) in [5.74, 6) is -0.611. The zero-order chi connectivity index (χ0) is 24.6. The zero-order valence-corrected chi connectivity index (χ0v) is 20.2. The van der Waals surface area contributed by atoms with Crippen LogP contribution in [0.15, 0.2) is 52.5 Å². The van der Waals surface area contributed by atoms with Crippen LogP contribution in [-0.2, 0) is 16.3 Å². The van der Waals surface area contributed by atoms with Gasteiger partial charge in [-0.3, -0.25) is 0 Å². The first kappa shape index (κ1) is 24.7. The normalized spacial score (nSPS) is 12.1. The second-order valence-electron chi connectivity index (χ2n) is 8.47. The Hall–Kier alpha value is -2.98. The maximum atomic E-state index is 14.9. The quantitative estimate of drug-likeness (QED) is 0.505. The van der Waals surface area contributed by atoms with E-state index < -0.39 is 27.3 Å². The Labute approximate surface area is 196 Å². The number of aromatic nitrogens is 3. The average molecular weight is 495 g/mol. The number of carbonyl (C=O) groups is 1. The smallest absolute Gasteiger partial charge is 0.407 e. The van der Waals surface area contributed by atoms with Gasteiger partial charge < -0.3 is 10.0 Å². The molecular formula is C22H24ClFN4O4S. The Morgan fingerprint density at radius 3 is 2.52 bits per heavy atom. The zero-order valence-electron chi connectivity index (χ0n) is 18.6. The molecule has 33 heavy (non-hydrogen) atoms. The molecule has 0 aliphatic carbocycles. The van der Waals surface area contributed by atoms with Crippen molar-refractivity contribution in [1.82, 2.24) is 19.7 Å². The molecule has 0 bridgehead atoms. The predicted molar refractivity (Wildman–Crippen MR) is 121 cm³/mol. The molecule has 0 atom stereocenters. The van der Waals surface area contributed by atoms with Gasteiger partial charge in [-0.25, -0.2) is 27.3 Å². The van der Waals surface area contributed by atoms with Gasteiger partial charge in [-0.2, -0.15) is 5.10 Å². The van der Waals surface area contributed by atoms with Gasteiger partial charge in [-0.05, 0) is 57.5 Å². The molecule has 3 rings (SSSR count). The second-order valence-corrected chi connectivity index (χ2v) is 10.8. The van der Waals surface area contributed by atoms with E-state index in [0.717, 1.165) is 10.9 Å². The van der Waals surface area contributed by atoms with Gasteiger partial charge in [0.1, 0.15) is 10.8 Å². The summed E-state index contributed by atoms with van der Waals surface area (Å²) in [4.78, 5) is 16.6. The van der Waals surface area contributed by atoms with E-state index in [-0.39, 0.29) is 33.7 Å². The topological polar surface area (TPSA) is 105 Å². The third-order valence-corrected chi connectivity index (χ3v) is 6.97. The highest BCUT2D eigenvalue weighted by Crippen LogP contribution is 2.27. The lowest BCUT2D eigenvalue weighted by Gasteiger charge is -2.32. The first-order chi connectivity index (χ1) is 15.3. The number of pyridine rings is 1. The fourth-order valence-electron chi connectivity index (χ4n) is 3.28. The van der Waals surface area contributed by atoms with Gasteiger partial charge in [0.15, 0.2) is 10.8 Å². The summed E-state index contributed by atoms with van der Waals surface area (Å²) in [7, 11) is -4.14. The van der Waals surface area contributed by atoms with Crippen LogP contribution in [0.25, 0.3) is 5.69 Å². The summed E-state index contributed by atoms with van der Waals surface area (Å²) in [5, 5.41) is 13.7. The van der Waals surface area contributed by atoms with E-state index >= 15 is 0 Å². The Bertz CT molecular complexity index is 1280. The van der Waals surface area contributed by atoms with Gasteiger partial charge in [0, 0.05) is 24.7 Å². The van der Waals surface area contributed by atoms with Crippen molar-refractivity contribution in [1.29, 1.82) is 0 Å². The molecule has 11 heteroatoms. The molecule has 0 unspecified atom stereocenters. The van der Waals surface area contributed by atoms with Gasteiger partial charge in [0.05, 0.1) is 10.6 Å². The van der Waals surface area contributed by atoms with E-state index in [9.17, 15) is 22.7 Å². The molecule has 0 saturated carbocycles. The Morgan fingerprint density at radius 1 is 1.24 bits per heavy atom. The van der Waals surface area contributed by atoms with Crippen LogP contribution >= 0.6 is 11.6 Å². The van der Waals surface area contributed by atoms with Crippen LogP contribution in [0.1, 0.15) is 32.0 Å². The van der Waals surface area contributed by atoms with Crippen LogP contribution in [0.2, 0.25) is 5.15 Å². The summed E-state index contributed by atoms with van der Waals surface area (Å²) >= 11 is 5.78. The van der Waals surface area contributed by atoms with E-state index in [4.69, 9.17) is 11.6 Å². The van der Waals surface area contributed by atoms with Crippen molar-refractivity contribution in [2.45, 2.75) is 49.6 Å². The molecule has 0 aliphatic heterocycles. The minimum atomic E-state index is -4.14. The molecular weight excluding hydrogens is 471 g/mol. The van der Waals surface area contributed by atoms with Gasteiger partial charge in [0.25, 0.3) is 0 Å². The van der Waals surface area contributed by atoms with E-state index in [2.05, 4.69) is 10.1 Å². The van der Waals surface area contributed by atoms with E-state index in [1.54, 1.807) is 39.8 Å². The molecule has 0 aliphatic rings. The van der Waals surface area contributed by atoms with E-state index in [1.165, 1.54) is 29.2 Å². The summed E-state index contributed by atoms with van der Waals surface area (Å²) in [6, 6.07) is 8.57. The first-order valence-electron chi connectivity index (χ1n) is 10.0. The molecule has 8 nitrogen and oxygen atoms in total. The number of amides is 1. The highest BCUT2D eigenvalue weighted by Gasteiger charge is 2.29. The van der Waals surface area contributed by atoms with Crippen molar-refractivity contribution in [3.8, 4) is 5.69 Å². The fourth-order valence-corrected chi connectivity index (χ4v) is 4.73. The largest absolute Gasteiger partial charge is 0.465 e. The van der Waals surface area contributed by atoms with Gasteiger partial charge in [0.2, 0.25) is 9.84 Å². The second kappa shape index (κ2) is 9.11. The molecule has 0 spiro atoms. The summed E-state index contributed by atoms with van der Waals surface area (Å²) < 4.78 is 42.7. The lowest BCUT2D eigenvalue weighted by Crippen LogP contribution is -2.45. The van der Waals surface area contributed by atoms with Crippen molar-refractivity contribution in [2.24, 2.45) is 0 Å². The third kappa shape index (κ3) is 5.17. The number of hydrogen-bond donors (Lipinski definition) is 1. The lowest BCUT2D eigenvalue weighted by atomic mass is 10.1. The molecule has 1 N–H and O–H groups in total. The van der Waals surface area contributed by atoms with Crippen LogP contribution in [0.3, 0.4) is 0 Å². The number of rotatable bonds is 6. The monoisotopic (exact) mass is 494 g/mol. The minimum Gasteiger partial charge on any atom is -0.465 e. The van der Waals surface area contributed by atoms with Crippen molar-refractivity contribution < 1.29 is 22.7 Å². The summed E-state index contributed by atoms with van der Waals surface area (Å²) in [6.07, 6.45) is 0.144. The molecule has 2 aromatic heterocycles. The maximum Gasteiger partial charge on any atom is 0.407 e. The lowest BCUT2D eigenvalue weighted by molar-refractivity contribution is 0.101. The summed E-state index contributed by atoms with van der Waals surface area (Å²) in [6.45, 7) is 6.91. The van der Waals surface area contributed by atoms with E-state index in [1.807, 2.05) is 0 Å². The standard InChI is InChI=1S/C22H24ClFN4O4S/c1-14-6-5-7-17(20(14)24)28-19(33(31,32)16-8-9-18(23)25-13-16)12-15(26-28)10-11-27(21(29)30)22(2,3)4/h5-9,12-13H,10-11H2,1-4H3,(H,29,30). The molecule has 2 heterocycles. The van der Waals surface area contributed by atoms with Crippen molar-refractivity contribution in [3.05, 3.63) is 64.8 Å². The maximum absolute atomic E-state index is 14.9. The summed E-state index contributed by atoms with van der Waals surface area (Å²) in [5.41, 5.74) is -0.0774. The first-order valence-corrected chi connectivity index (χ1v) is 11.9. The molecule has 1 aromatic carbocycles. The highest BCUT2D eigenvalue weighted by molar-refractivity contribution is 7.91. The third-order valence-electron chi connectivity index (χ3n) is 5.04. The molecule has 0 radical (unpaired) electrons. The number of aryl methyl sites for hydroxylation is 1. The van der Waals surface area contributed by atoms with Crippen LogP contribution in [-0.4, -0.2) is 51.4 Å². The Balaban J connectivity index is 2.11. The number of nitrogens with zero attached hydrogens (tertiary/aromatic N) is 4. The molecule has 176 valence electrons. The SMILES string of the molecule is Cc1cccc(-n2nc(CCN(C(=O)O)C(C)(C)C)cc2S(=O)(=O)c2ccc(Cl)nc2)c1F. The number of halogens is 2. The molecule has 3 aromatic rings. The van der Waals surface area contributed by atoms with Gasteiger partial charge in [-0.1, -0.05) is 23.7 Å². The van der Waals surface area contributed by atoms with Crippen molar-refractivity contribution in [3.63, 3.8) is 0 Å². The predicted octanol–water partition coefficient (Wildman–Crippen LogP) is 4.52. The van der Waals surface area contributed by atoms with Crippen molar-refractivity contribution >= 4 is 27.5 Å². The fraction of sp³-hybridized carbons (Fsp3) is 0.318. The number of carboxylic acid groups (broad SMARTS) is 1. The van der Waals surface area contributed by atoms with Crippen molar-refractivity contribution in [2.75, 3.05) is 6.54 Å². The molecule has 0 fully saturated rings. The van der Waals surface area contributed by atoms with E-state index in [0.29, 0.717) is 11.3 Å². The minimum absolute atomic E-state index is 0.0346. The van der Waals surface area contributed by atoms with Crippen LogP contribution in [0.4, 0.5) is 9.18 Å². The highest BCUT2D eigenvalue weighted by atomic mass is 35.5.